The summed E-state index contributed by atoms with van der Waals surface area (Å²) in [5.41, 5.74) is 4.65. The summed E-state index contributed by atoms with van der Waals surface area (Å²) in [7, 11) is 0. The van der Waals surface area contributed by atoms with E-state index in [2.05, 4.69) is 15.6 Å². The molecule has 1 heterocycles. The van der Waals surface area contributed by atoms with Gasteiger partial charge in [0.05, 0.1) is 10.2 Å². The highest BCUT2D eigenvalue weighted by Gasteiger charge is 2.17. The highest BCUT2D eigenvalue weighted by Crippen LogP contribution is 2.30. The van der Waals surface area contributed by atoms with Gasteiger partial charge in [0.15, 0.2) is 5.13 Å². The molecule has 3 rings (SSSR count). The lowest BCUT2D eigenvalue weighted by Gasteiger charge is -2.04. The largest absolute Gasteiger partial charge is 0.318 e. The Labute approximate surface area is 143 Å². The molecule has 0 aliphatic heterocycles. The fourth-order valence-corrected chi connectivity index (χ4v) is 3.30. The van der Waals surface area contributed by atoms with Crippen molar-refractivity contribution in [2.75, 3.05) is 10.6 Å². The van der Waals surface area contributed by atoms with E-state index in [-0.39, 0.29) is 0 Å². The molecular formula is C18H17N3O2S. The van der Waals surface area contributed by atoms with Crippen LogP contribution in [-0.2, 0) is 9.59 Å². The fourth-order valence-electron chi connectivity index (χ4n) is 2.29. The lowest BCUT2D eigenvalue weighted by molar-refractivity contribution is -0.132. The topological polar surface area (TPSA) is 71.1 Å². The lowest BCUT2D eigenvalue weighted by atomic mass is 10.1. The molecule has 24 heavy (non-hydrogen) atoms. The van der Waals surface area contributed by atoms with Gasteiger partial charge in [-0.3, -0.25) is 14.9 Å². The Kier molecular flexibility index (Phi) is 4.31. The summed E-state index contributed by atoms with van der Waals surface area (Å²) in [6.45, 7) is 5.92. The average Bonchev–Trinajstić information content (AvgIpc) is 2.98. The smallest absolute Gasteiger partial charge is 0.315 e. The first-order valence-electron chi connectivity index (χ1n) is 7.50. The molecule has 0 atom stereocenters. The van der Waals surface area contributed by atoms with Gasteiger partial charge in [0, 0.05) is 5.69 Å². The number of benzene rings is 2. The maximum absolute atomic E-state index is 12.1. The minimum Gasteiger partial charge on any atom is -0.318 e. The summed E-state index contributed by atoms with van der Waals surface area (Å²) in [6.07, 6.45) is 0. The molecule has 0 unspecified atom stereocenters. The number of nitrogens with zero attached hydrogens (tertiary/aromatic N) is 1. The van der Waals surface area contributed by atoms with Crippen LogP contribution in [0.3, 0.4) is 0 Å². The standard InChI is InChI=1S/C18H17N3O2S/c1-10-4-8-13(9-5-10)19-16(22)17(23)21-18-20-14-11(2)6-7-12(3)15(14)24-18/h4-9H,1-3H3,(H,19,22)(H,20,21,23). The third-order valence-corrected chi connectivity index (χ3v) is 4.78. The molecule has 0 fully saturated rings. The number of amides is 2. The van der Waals surface area contributed by atoms with Gasteiger partial charge in [-0.25, -0.2) is 4.98 Å². The van der Waals surface area contributed by atoms with Crippen LogP contribution in [0.5, 0.6) is 0 Å². The second-order valence-corrected chi connectivity index (χ2v) is 6.67. The molecular weight excluding hydrogens is 322 g/mol. The van der Waals surface area contributed by atoms with E-state index in [1.165, 1.54) is 11.3 Å². The van der Waals surface area contributed by atoms with Gasteiger partial charge in [0.1, 0.15) is 0 Å². The summed E-state index contributed by atoms with van der Waals surface area (Å²) in [5.74, 6) is -1.45. The van der Waals surface area contributed by atoms with E-state index in [0.717, 1.165) is 26.9 Å². The third kappa shape index (κ3) is 3.28. The summed E-state index contributed by atoms with van der Waals surface area (Å²) < 4.78 is 1.02. The molecule has 0 saturated heterocycles. The average molecular weight is 339 g/mol. The zero-order valence-corrected chi connectivity index (χ0v) is 14.5. The molecule has 5 nitrogen and oxygen atoms in total. The van der Waals surface area contributed by atoms with Crippen molar-refractivity contribution in [3.63, 3.8) is 0 Å². The minimum atomic E-state index is -0.732. The van der Waals surface area contributed by atoms with E-state index in [4.69, 9.17) is 0 Å². The molecule has 0 aliphatic carbocycles. The Morgan fingerprint density at radius 1 is 0.875 bits per heavy atom. The first-order valence-corrected chi connectivity index (χ1v) is 8.31. The van der Waals surface area contributed by atoms with Crippen LogP contribution in [0.15, 0.2) is 36.4 Å². The van der Waals surface area contributed by atoms with Crippen LogP contribution < -0.4 is 10.6 Å². The normalized spacial score (nSPS) is 10.6. The summed E-state index contributed by atoms with van der Waals surface area (Å²) in [6, 6.07) is 11.3. The summed E-state index contributed by atoms with van der Waals surface area (Å²) in [4.78, 5) is 28.5. The van der Waals surface area contributed by atoms with Crippen molar-refractivity contribution in [2.45, 2.75) is 20.8 Å². The van der Waals surface area contributed by atoms with Crippen molar-refractivity contribution in [1.82, 2.24) is 4.98 Å². The van der Waals surface area contributed by atoms with Gasteiger partial charge < -0.3 is 5.32 Å². The second kappa shape index (κ2) is 6.41. The number of hydrogen-bond donors (Lipinski definition) is 2. The number of fused-ring (bicyclic) bond motifs is 1. The zero-order chi connectivity index (χ0) is 17.3. The van der Waals surface area contributed by atoms with E-state index in [0.29, 0.717) is 10.8 Å². The predicted molar refractivity (Wildman–Crippen MR) is 97.5 cm³/mol. The molecule has 2 aromatic carbocycles. The molecule has 3 aromatic rings. The van der Waals surface area contributed by atoms with Gasteiger partial charge in [-0.05, 0) is 44.0 Å². The molecule has 1 aromatic heterocycles. The molecule has 0 spiro atoms. The van der Waals surface area contributed by atoms with Gasteiger partial charge in [-0.1, -0.05) is 41.2 Å². The quantitative estimate of drug-likeness (QED) is 0.698. The number of nitrogens with one attached hydrogen (secondary N) is 2. The van der Waals surface area contributed by atoms with E-state index in [9.17, 15) is 9.59 Å². The Morgan fingerprint density at radius 2 is 1.50 bits per heavy atom. The van der Waals surface area contributed by atoms with Crippen molar-refractivity contribution in [1.29, 1.82) is 0 Å². The third-order valence-electron chi connectivity index (χ3n) is 3.68. The van der Waals surface area contributed by atoms with Crippen molar-refractivity contribution in [3.05, 3.63) is 53.1 Å². The first-order chi connectivity index (χ1) is 11.4. The van der Waals surface area contributed by atoms with Gasteiger partial charge in [0.25, 0.3) is 0 Å². The van der Waals surface area contributed by atoms with Crippen molar-refractivity contribution in [3.8, 4) is 0 Å². The van der Waals surface area contributed by atoms with Crippen LogP contribution in [0.1, 0.15) is 16.7 Å². The van der Waals surface area contributed by atoms with Crippen molar-refractivity contribution < 1.29 is 9.59 Å². The Balaban J connectivity index is 1.74. The highest BCUT2D eigenvalue weighted by molar-refractivity contribution is 7.22. The fraction of sp³-hybridized carbons (Fsp3) is 0.167. The predicted octanol–water partition coefficient (Wildman–Crippen LogP) is 3.80. The number of aromatic nitrogens is 1. The van der Waals surface area contributed by atoms with Crippen LogP contribution in [-0.4, -0.2) is 16.8 Å². The zero-order valence-electron chi connectivity index (χ0n) is 13.6. The van der Waals surface area contributed by atoms with Crippen molar-refractivity contribution >= 4 is 44.2 Å². The number of anilines is 2. The number of carbonyl (C=O) groups excluding carboxylic acids is 2. The number of aryl methyl sites for hydroxylation is 3. The van der Waals surface area contributed by atoms with E-state index in [1.54, 1.807) is 12.1 Å². The molecule has 0 radical (unpaired) electrons. The molecule has 2 N–H and O–H groups in total. The highest BCUT2D eigenvalue weighted by atomic mass is 32.1. The van der Waals surface area contributed by atoms with Crippen LogP contribution in [0, 0.1) is 20.8 Å². The van der Waals surface area contributed by atoms with E-state index < -0.39 is 11.8 Å². The van der Waals surface area contributed by atoms with Gasteiger partial charge in [-0.2, -0.15) is 0 Å². The number of thiazole rings is 1. The monoisotopic (exact) mass is 339 g/mol. The molecule has 0 bridgehead atoms. The Morgan fingerprint density at radius 3 is 2.17 bits per heavy atom. The molecule has 122 valence electrons. The van der Waals surface area contributed by atoms with Crippen LogP contribution in [0.4, 0.5) is 10.8 Å². The second-order valence-electron chi connectivity index (χ2n) is 5.67. The first kappa shape index (κ1) is 16.1. The summed E-state index contributed by atoms with van der Waals surface area (Å²) in [5, 5.41) is 5.57. The molecule has 0 aliphatic rings. The van der Waals surface area contributed by atoms with Gasteiger partial charge in [0.2, 0.25) is 0 Å². The number of carbonyl (C=O) groups is 2. The van der Waals surface area contributed by atoms with Crippen LogP contribution in [0.2, 0.25) is 0 Å². The van der Waals surface area contributed by atoms with Gasteiger partial charge in [-0.15, -0.1) is 0 Å². The van der Waals surface area contributed by atoms with Gasteiger partial charge >= 0.3 is 11.8 Å². The molecule has 6 heteroatoms. The van der Waals surface area contributed by atoms with Crippen LogP contribution in [0.25, 0.3) is 10.2 Å². The SMILES string of the molecule is Cc1ccc(NC(=O)C(=O)Nc2nc3c(C)ccc(C)c3s2)cc1. The number of rotatable bonds is 2. The Bertz CT molecular complexity index is 890. The van der Waals surface area contributed by atoms with Crippen LogP contribution >= 0.6 is 11.3 Å². The van der Waals surface area contributed by atoms with E-state index >= 15 is 0 Å². The maximum atomic E-state index is 12.1. The molecule has 2 amide bonds. The summed E-state index contributed by atoms with van der Waals surface area (Å²) >= 11 is 1.37. The number of hydrogen-bond acceptors (Lipinski definition) is 4. The van der Waals surface area contributed by atoms with Crippen molar-refractivity contribution in [2.24, 2.45) is 0 Å². The molecule has 0 saturated carbocycles. The lowest BCUT2D eigenvalue weighted by Crippen LogP contribution is -2.28. The maximum Gasteiger partial charge on any atom is 0.315 e. The Hall–Kier alpha value is -2.73. The van der Waals surface area contributed by atoms with E-state index in [1.807, 2.05) is 45.0 Å². The minimum absolute atomic E-state index is 0.423.